The minimum atomic E-state index is 0.329. The highest BCUT2D eigenvalue weighted by molar-refractivity contribution is 5.80. The average molecular weight is 279 g/mol. The van der Waals surface area contributed by atoms with Crippen molar-refractivity contribution in [2.75, 3.05) is 12.8 Å². The van der Waals surface area contributed by atoms with Crippen LogP contribution >= 0.6 is 0 Å². The molecule has 104 valence electrons. The summed E-state index contributed by atoms with van der Waals surface area (Å²) >= 11 is 0. The summed E-state index contributed by atoms with van der Waals surface area (Å²) in [6.45, 7) is 1.96. The highest BCUT2D eigenvalue weighted by Crippen LogP contribution is 2.30. The van der Waals surface area contributed by atoms with E-state index in [1.54, 1.807) is 36.1 Å². The zero-order valence-corrected chi connectivity index (χ0v) is 11.7. The highest BCUT2D eigenvalue weighted by Gasteiger charge is 2.16. The number of ether oxygens (including phenoxy) is 1. The van der Waals surface area contributed by atoms with E-state index in [1.165, 1.54) is 0 Å². The van der Waals surface area contributed by atoms with Crippen LogP contribution in [0.15, 0.2) is 30.5 Å². The van der Waals surface area contributed by atoms with Gasteiger partial charge in [0.05, 0.1) is 24.4 Å². The van der Waals surface area contributed by atoms with Crippen molar-refractivity contribution < 1.29 is 4.74 Å². The Labute approximate surface area is 121 Å². The minimum absolute atomic E-state index is 0.329. The molecule has 0 bridgehead atoms. The maximum atomic E-state index is 8.98. The van der Waals surface area contributed by atoms with E-state index < -0.39 is 0 Å². The Morgan fingerprint density at radius 2 is 2.14 bits per heavy atom. The zero-order valence-electron chi connectivity index (χ0n) is 11.7. The van der Waals surface area contributed by atoms with Gasteiger partial charge in [-0.3, -0.25) is 4.57 Å². The topological polar surface area (TPSA) is 89.8 Å². The smallest absolute Gasteiger partial charge is 0.207 e. The Balaban J connectivity index is 2.33. The Bertz CT molecular complexity index is 876. The van der Waals surface area contributed by atoms with Gasteiger partial charge in [0.25, 0.3) is 0 Å². The van der Waals surface area contributed by atoms with E-state index in [2.05, 4.69) is 16.0 Å². The van der Waals surface area contributed by atoms with Crippen molar-refractivity contribution >= 4 is 17.1 Å². The number of aryl methyl sites for hydroxylation is 1. The van der Waals surface area contributed by atoms with Crippen LogP contribution in [-0.4, -0.2) is 21.6 Å². The van der Waals surface area contributed by atoms with Gasteiger partial charge in [0, 0.05) is 12.3 Å². The number of pyridine rings is 1. The molecule has 0 radical (unpaired) electrons. The van der Waals surface area contributed by atoms with Gasteiger partial charge in [0.2, 0.25) is 5.95 Å². The Kier molecular flexibility index (Phi) is 2.95. The lowest BCUT2D eigenvalue weighted by atomic mass is 10.2. The van der Waals surface area contributed by atoms with Gasteiger partial charge in [0.15, 0.2) is 5.65 Å². The molecule has 1 aromatic carbocycles. The minimum Gasteiger partial charge on any atom is -0.495 e. The number of nitrogens with zero attached hydrogens (tertiary/aromatic N) is 4. The second kappa shape index (κ2) is 4.80. The van der Waals surface area contributed by atoms with Gasteiger partial charge in [-0.2, -0.15) is 5.26 Å². The van der Waals surface area contributed by atoms with Gasteiger partial charge in [-0.15, -0.1) is 0 Å². The third kappa shape index (κ3) is 1.96. The maximum absolute atomic E-state index is 8.98. The van der Waals surface area contributed by atoms with Crippen LogP contribution < -0.4 is 10.5 Å². The summed E-state index contributed by atoms with van der Waals surface area (Å²) in [6.07, 6.45) is 1.71. The summed E-state index contributed by atoms with van der Waals surface area (Å²) in [4.78, 5) is 8.72. The van der Waals surface area contributed by atoms with Crippen LogP contribution in [-0.2, 0) is 0 Å². The molecule has 0 aliphatic heterocycles. The third-order valence-corrected chi connectivity index (χ3v) is 3.32. The van der Waals surface area contributed by atoms with Crippen LogP contribution in [0.4, 0.5) is 5.95 Å². The van der Waals surface area contributed by atoms with E-state index in [-0.39, 0.29) is 0 Å². The Morgan fingerprint density at radius 1 is 1.33 bits per heavy atom. The van der Waals surface area contributed by atoms with Crippen LogP contribution in [0.2, 0.25) is 0 Å². The number of benzene rings is 1. The molecule has 0 aliphatic rings. The molecule has 6 nitrogen and oxygen atoms in total. The molecule has 2 aromatic heterocycles. The van der Waals surface area contributed by atoms with E-state index >= 15 is 0 Å². The molecule has 0 fully saturated rings. The zero-order chi connectivity index (χ0) is 15.0. The summed E-state index contributed by atoms with van der Waals surface area (Å²) in [5, 5.41) is 8.98. The lowest BCUT2D eigenvalue weighted by Gasteiger charge is -2.11. The van der Waals surface area contributed by atoms with Crippen molar-refractivity contribution in [1.82, 2.24) is 14.5 Å². The molecule has 21 heavy (non-hydrogen) atoms. The molecule has 0 saturated carbocycles. The van der Waals surface area contributed by atoms with Gasteiger partial charge in [0.1, 0.15) is 11.3 Å². The fraction of sp³-hybridized carbons (Fsp3) is 0.133. The molecular weight excluding hydrogens is 266 g/mol. The van der Waals surface area contributed by atoms with Crippen molar-refractivity contribution in [2.45, 2.75) is 6.92 Å². The number of rotatable bonds is 2. The first-order valence-corrected chi connectivity index (χ1v) is 6.33. The highest BCUT2D eigenvalue weighted by atomic mass is 16.5. The molecule has 2 heterocycles. The van der Waals surface area contributed by atoms with Crippen molar-refractivity contribution in [3.05, 3.63) is 41.6 Å². The Morgan fingerprint density at radius 3 is 2.86 bits per heavy atom. The first-order valence-electron chi connectivity index (χ1n) is 6.33. The predicted octanol–water partition coefficient (Wildman–Crippen LogP) is 2.19. The molecule has 0 spiro atoms. The third-order valence-electron chi connectivity index (χ3n) is 3.32. The molecule has 3 aromatic rings. The predicted molar refractivity (Wildman–Crippen MR) is 79.3 cm³/mol. The number of fused-ring (bicyclic) bond motifs is 1. The van der Waals surface area contributed by atoms with Crippen LogP contribution in [0, 0.1) is 18.3 Å². The summed E-state index contributed by atoms with van der Waals surface area (Å²) in [7, 11) is 1.55. The lowest BCUT2D eigenvalue weighted by molar-refractivity contribution is 0.413. The molecule has 0 unspecified atom stereocenters. The first-order chi connectivity index (χ1) is 10.2. The van der Waals surface area contributed by atoms with Gasteiger partial charge in [-0.05, 0) is 30.7 Å². The Hall–Kier alpha value is -3.07. The maximum Gasteiger partial charge on any atom is 0.207 e. The van der Waals surface area contributed by atoms with E-state index in [0.29, 0.717) is 28.6 Å². The van der Waals surface area contributed by atoms with E-state index in [0.717, 1.165) is 11.1 Å². The summed E-state index contributed by atoms with van der Waals surface area (Å²) in [5.41, 5.74) is 9.67. The molecule has 2 N–H and O–H groups in total. The number of imidazole rings is 1. The van der Waals surface area contributed by atoms with E-state index in [4.69, 9.17) is 15.7 Å². The molecule has 0 atom stereocenters. The number of hydrogen-bond acceptors (Lipinski definition) is 5. The fourth-order valence-electron chi connectivity index (χ4n) is 2.28. The monoisotopic (exact) mass is 279 g/mol. The number of nitrogens with two attached hydrogens (primary N) is 1. The number of nitriles is 1. The molecule has 0 aliphatic carbocycles. The number of nitrogen functional groups attached to an aromatic ring is 1. The quantitative estimate of drug-likeness (QED) is 0.776. The fourth-order valence-corrected chi connectivity index (χ4v) is 2.28. The van der Waals surface area contributed by atoms with Gasteiger partial charge < -0.3 is 10.5 Å². The molecular formula is C15H13N5O. The van der Waals surface area contributed by atoms with Crippen molar-refractivity contribution in [2.24, 2.45) is 0 Å². The largest absolute Gasteiger partial charge is 0.495 e. The van der Waals surface area contributed by atoms with Crippen LogP contribution in [0.25, 0.3) is 16.9 Å². The van der Waals surface area contributed by atoms with Crippen LogP contribution in [0.1, 0.15) is 11.1 Å². The van der Waals surface area contributed by atoms with Gasteiger partial charge >= 0.3 is 0 Å². The average Bonchev–Trinajstić information content (AvgIpc) is 2.84. The first kappa shape index (κ1) is 12.9. The summed E-state index contributed by atoms with van der Waals surface area (Å²) in [6, 6.07) is 9.11. The standard InChI is InChI=1S/C15H13N5O/c1-9-5-6-18-14-13(9)19-15(17)20(14)11-4-3-10(8-16)7-12(11)21-2/h3-7H,1-2H3,(H2,17,19). The second-order valence-corrected chi connectivity index (χ2v) is 4.60. The van der Waals surface area contributed by atoms with Crippen molar-refractivity contribution in [3.8, 4) is 17.5 Å². The van der Waals surface area contributed by atoms with E-state index in [9.17, 15) is 0 Å². The van der Waals surface area contributed by atoms with Gasteiger partial charge in [-0.1, -0.05) is 0 Å². The summed E-state index contributed by atoms with van der Waals surface area (Å²) < 4.78 is 7.09. The van der Waals surface area contributed by atoms with Crippen LogP contribution in [0.5, 0.6) is 5.75 Å². The second-order valence-electron chi connectivity index (χ2n) is 4.60. The van der Waals surface area contributed by atoms with Crippen molar-refractivity contribution in [3.63, 3.8) is 0 Å². The van der Waals surface area contributed by atoms with E-state index in [1.807, 2.05) is 13.0 Å². The number of anilines is 1. The molecule has 6 heteroatoms. The lowest BCUT2D eigenvalue weighted by Crippen LogP contribution is -2.03. The van der Waals surface area contributed by atoms with Crippen molar-refractivity contribution in [1.29, 1.82) is 5.26 Å². The molecule has 0 saturated heterocycles. The number of methoxy groups -OCH3 is 1. The number of hydrogen-bond donors (Lipinski definition) is 1. The SMILES string of the molecule is COc1cc(C#N)ccc1-n1c(N)nc2c(C)ccnc21. The van der Waals surface area contributed by atoms with Gasteiger partial charge in [-0.25, -0.2) is 9.97 Å². The normalized spacial score (nSPS) is 10.5. The summed E-state index contributed by atoms with van der Waals surface area (Å²) in [5.74, 6) is 0.873. The van der Waals surface area contributed by atoms with Crippen LogP contribution in [0.3, 0.4) is 0 Å². The number of aromatic nitrogens is 3. The molecule has 0 amide bonds. The molecule has 3 rings (SSSR count).